The molecule has 35 nitrogen and oxygen atoms in total. The zero-order valence-corrected chi connectivity index (χ0v) is 43.1. The lowest BCUT2D eigenvalue weighted by Gasteiger charge is -2.30. The van der Waals surface area contributed by atoms with Crippen molar-refractivity contribution in [3.8, 4) is 0 Å². The number of carbonyl (C=O) groups is 12. The highest BCUT2D eigenvalue weighted by molar-refractivity contribution is 5.99. The van der Waals surface area contributed by atoms with Crippen molar-refractivity contribution in [2.24, 2.45) is 66.6 Å². The summed E-state index contributed by atoms with van der Waals surface area (Å²) in [7, 11) is 0. The number of amides is 10. The van der Waals surface area contributed by atoms with E-state index >= 15 is 0 Å². The Morgan fingerprint density at radius 1 is 0.526 bits per heavy atom. The fourth-order valence-electron chi connectivity index (χ4n) is 7.43. The van der Waals surface area contributed by atoms with Gasteiger partial charge in [-0.15, -0.1) is 0 Å². The molecule has 0 aromatic carbocycles. The summed E-state index contributed by atoms with van der Waals surface area (Å²) in [4.78, 5) is 168. The lowest BCUT2D eigenvalue weighted by atomic mass is 10.0. The summed E-state index contributed by atoms with van der Waals surface area (Å²) in [6.07, 6.45) is -2.27. The second-order valence-corrected chi connectivity index (χ2v) is 17.9. The van der Waals surface area contributed by atoms with Crippen LogP contribution in [0.25, 0.3) is 0 Å². The molecule has 1 saturated heterocycles. The number of aliphatic hydroxyl groups excluding tert-OH is 1. The second-order valence-electron chi connectivity index (χ2n) is 17.9. The van der Waals surface area contributed by atoms with Gasteiger partial charge in [-0.1, -0.05) is 0 Å². The number of rotatable bonds is 37. The van der Waals surface area contributed by atoms with E-state index in [-0.39, 0.29) is 108 Å². The molecule has 1 heterocycles. The number of likely N-dealkylation sites (tertiary alicyclic amines) is 1. The number of aliphatic imine (C=N–C) groups is 3. The zero-order chi connectivity index (χ0) is 59.2. The topological polar surface area (TPSA) is 624 Å². The largest absolute Gasteiger partial charge is 0.481 e. The minimum atomic E-state index is -1.94. The van der Waals surface area contributed by atoms with Crippen molar-refractivity contribution in [1.29, 1.82) is 0 Å². The molecule has 28 N–H and O–H groups in total. The van der Waals surface area contributed by atoms with E-state index in [1.807, 2.05) is 5.32 Å². The quantitative estimate of drug-likeness (QED) is 0.0156. The third-order valence-electron chi connectivity index (χ3n) is 11.5. The average molecular weight is 1110 g/mol. The van der Waals surface area contributed by atoms with E-state index in [1.54, 1.807) is 0 Å². The van der Waals surface area contributed by atoms with E-state index < -0.39 is 151 Å². The van der Waals surface area contributed by atoms with Gasteiger partial charge in [-0.2, -0.15) is 0 Å². The molecule has 438 valence electrons. The van der Waals surface area contributed by atoms with Gasteiger partial charge in [-0.25, -0.2) is 4.79 Å². The smallest absolute Gasteiger partial charge is 0.328 e. The number of carboxylic acids is 2. The SMILES string of the molecule is CC(NC(=O)C(CCCN=C(N)N)NC(=O)C(CCCN=C(N)N)NC(=O)C(CCCN=C(N)N)NC(=O)C(N)CCC(N)=O)C(=O)N1CCCC1C(=O)NC(CCC(N)=O)C(=O)NC(CC(=O)O)C(=O)NC(CO)C(=O)O. The highest BCUT2D eigenvalue weighted by Gasteiger charge is 2.40. The third kappa shape index (κ3) is 26.2. The van der Waals surface area contributed by atoms with Crippen molar-refractivity contribution in [3.63, 3.8) is 0 Å². The number of hydrogen-bond donors (Lipinski definition) is 19. The summed E-state index contributed by atoms with van der Waals surface area (Å²) < 4.78 is 0. The van der Waals surface area contributed by atoms with Crippen LogP contribution in [0.4, 0.5) is 0 Å². The number of aliphatic hydroxyl groups is 1. The van der Waals surface area contributed by atoms with Gasteiger partial charge in [0.25, 0.3) is 0 Å². The van der Waals surface area contributed by atoms with Gasteiger partial charge in [-0.3, -0.25) is 67.7 Å². The summed E-state index contributed by atoms with van der Waals surface area (Å²) >= 11 is 0. The predicted molar refractivity (Wildman–Crippen MR) is 275 cm³/mol. The molecule has 0 bridgehead atoms. The summed E-state index contributed by atoms with van der Waals surface area (Å²) in [5.74, 6) is -13.6. The number of carbonyl (C=O) groups excluding carboxylic acids is 10. The summed E-state index contributed by atoms with van der Waals surface area (Å²) in [6, 6.07) is -13.7. The number of guanidine groups is 3. The van der Waals surface area contributed by atoms with Crippen LogP contribution in [0, 0.1) is 0 Å². The Morgan fingerprint density at radius 2 is 0.910 bits per heavy atom. The van der Waals surface area contributed by atoms with Gasteiger partial charge < -0.3 is 109 Å². The highest BCUT2D eigenvalue weighted by Crippen LogP contribution is 2.20. The molecule has 0 aromatic heterocycles. The molecule has 0 spiro atoms. The van der Waals surface area contributed by atoms with E-state index in [9.17, 15) is 72.9 Å². The molecule has 78 heavy (non-hydrogen) atoms. The monoisotopic (exact) mass is 1110 g/mol. The zero-order valence-electron chi connectivity index (χ0n) is 43.1. The van der Waals surface area contributed by atoms with Gasteiger partial charge in [-0.05, 0) is 71.1 Å². The minimum absolute atomic E-state index is 0.0111. The Kier molecular flexibility index (Phi) is 30.1. The summed E-state index contributed by atoms with van der Waals surface area (Å²) in [5.41, 5.74) is 49.1. The fourth-order valence-corrected chi connectivity index (χ4v) is 7.43. The Bertz CT molecular complexity index is 2220. The van der Waals surface area contributed by atoms with Gasteiger partial charge in [0.15, 0.2) is 17.9 Å². The third-order valence-corrected chi connectivity index (χ3v) is 11.5. The maximum Gasteiger partial charge on any atom is 0.328 e. The number of primary amides is 2. The Labute approximate surface area is 447 Å². The standard InChI is InChI=1S/C43H76N20O15/c1-20(39(76)63-17-5-9-28(63)38(75)60-25(11-13-30(46)66)36(73)61-26(18-31(67)68)37(74)62-27(19-64)40(77)78)56-33(70)22(6-2-14-53-41(47)48)58-35(72)24(8-4-16-55-43(51)52)59-34(71)23(7-3-15-54-42(49)50)57-32(69)21(44)10-12-29(45)65/h20-28,64H,2-19,44H2,1H3,(H2,45,65)(H2,46,66)(H,56,70)(H,57,69)(H,58,72)(H,59,71)(H,60,75)(H,61,73)(H,62,74)(H,67,68)(H,77,78)(H4,47,48,53)(H4,49,50,54)(H4,51,52,55). The van der Waals surface area contributed by atoms with Crippen LogP contribution in [0.1, 0.15) is 90.4 Å². The van der Waals surface area contributed by atoms with Gasteiger partial charge in [0.2, 0.25) is 59.1 Å². The van der Waals surface area contributed by atoms with Crippen molar-refractivity contribution in [2.75, 3.05) is 32.8 Å². The summed E-state index contributed by atoms with van der Waals surface area (Å²) in [5, 5.41) is 44.5. The summed E-state index contributed by atoms with van der Waals surface area (Å²) in [6.45, 7) is 0.146. The maximum atomic E-state index is 14.2. The van der Waals surface area contributed by atoms with Gasteiger partial charge in [0, 0.05) is 39.0 Å². The van der Waals surface area contributed by atoms with Crippen LogP contribution in [-0.4, -0.2) is 196 Å². The number of nitrogens with two attached hydrogens (primary N) is 9. The number of carboxylic acid groups (broad SMARTS) is 2. The van der Waals surface area contributed by atoms with Crippen molar-refractivity contribution < 1.29 is 72.9 Å². The lowest BCUT2D eigenvalue weighted by Crippen LogP contribution is -2.60. The Morgan fingerprint density at radius 3 is 1.32 bits per heavy atom. The van der Waals surface area contributed by atoms with Gasteiger partial charge >= 0.3 is 11.9 Å². The van der Waals surface area contributed by atoms with Gasteiger partial charge in [0.05, 0.1) is 19.1 Å². The Hall–Kier alpha value is -8.63. The Balaban J connectivity index is 3.48. The van der Waals surface area contributed by atoms with Crippen LogP contribution in [-0.2, 0) is 57.5 Å². The van der Waals surface area contributed by atoms with E-state index in [2.05, 4.69) is 46.9 Å². The molecule has 1 aliphatic rings. The maximum absolute atomic E-state index is 14.2. The van der Waals surface area contributed by atoms with Crippen molar-refractivity contribution >= 4 is 88.9 Å². The molecule has 1 fully saturated rings. The molecule has 10 amide bonds. The number of aliphatic carboxylic acids is 2. The molecule has 1 aliphatic heterocycles. The van der Waals surface area contributed by atoms with Crippen molar-refractivity contribution in [2.45, 2.75) is 145 Å². The van der Waals surface area contributed by atoms with E-state index in [0.29, 0.717) is 0 Å². The molecule has 1 rings (SSSR count). The highest BCUT2D eigenvalue weighted by atomic mass is 16.4. The van der Waals surface area contributed by atoms with E-state index in [1.165, 1.54) is 6.92 Å². The molecular weight excluding hydrogens is 1040 g/mol. The van der Waals surface area contributed by atoms with E-state index in [4.69, 9.17) is 51.6 Å². The number of nitrogens with one attached hydrogen (secondary N) is 7. The van der Waals surface area contributed by atoms with Crippen molar-refractivity contribution in [1.82, 2.24) is 42.1 Å². The van der Waals surface area contributed by atoms with Gasteiger partial charge in [0.1, 0.15) is 48.3 Å². The molecule has 35 heteroatoms. The molecular formula is C43H76N20O15. The molecule has 9 atom stereocenters. The van der Waals surface area contributed by atoms with Crippen LogP contribution in [0.3, 0.4) is 0 Å². The first-order chi connectivity index (χ1) is 36.6. The van der Waals surface area contributed by atoms with Crippen molar-refractivity contribution in [3.05, 3.63) is 0 Å². The lowest BCUT2D eigenvalue weighted by molar-refractivity contribution is -0.144. The molecule has 0 aromatic rings. The van der Waals surface area contributed by atoms with Crippen LogP contribution < -0.4 is 88.8 Å². The molecule has 0 saturated carbocycles. The van der Waals surface area contributed by atoms with Crippen LogP contribution in [0.5, 0.6) is 0 Å². The average Bonchev–Trinajstić information content (AvgIpc) is 3.85. The number of hydrogen-bond acceptors (Lipinski definition) is 17. The first-order valence-corrected chi connectivity index (χ1v) is 24.5. The first kappa shape index (κ1) is 67.4. The normalized spacial score (nSPS) is 15.8. The van der Waals surface area contributed by atoms with E-state index in [0.717, 1.165) is 4.90 Å². The number of nitrogens with zero attached hydrogens (tertiary/aromatic N) is 4. The van der Waals surface area contributed by atoms with Crippen LogP contribution in [0.2, 0.25) is 0 Å². The first-order valence-electron chi connectivity index (χ1n) is 24.5. The minimum Gasteiger partial charge on any atom is -0.481 e. The predicted octanol–water partition coefficient (Wildman–Crippen LogP) is -10.0. The molecule has 0 aliphatic carbocycles. The van der Waals surface area contributed by atoms with Crippen LogP contribution >= 0.6 is 0 Å². The fraction of sp³-hybridized carbons (Fsp3) is 0.651. The van der Waals surface area contributed by atoms with Crippen LogP contribution in [0.15, 0.2) is 15.0 Å². The second kappa shape index (κ2) is 34.8. The molecule has 9 unspecified atom stereocenters. The molecule has 0 radical (unpaired) electrons.